The van der Waals surface area contributed by atoms with Crippen LogP contribution in [0.1, 0.15) is 37.7 Å². The zero-order valence-electron chi connectivity index (χ0n) is 11.7. The highest BCUT2D eigenvalue weighted by molar-refractivity contribution is 7.58. The first kappa shape index (κ1) is 16.7. The molecule has 1 aromatic carbocycles. The van der Waals surface area contributed by atoms with Gasteiger partial charge >= 0.3 is 5.97 Å². The molecule has 0 saturated heterocycles. The van der Waals surface area contributed by atoms with E-state index < -0.39 is 19.3 Å². The van der Waals surface area contributed by atoms with Crippen LogP contribution in [0, 0.1) is 0 Å². The van der Waals surface area contributed by atoms with Crippen molar-refractivity contribution in [1.82, 2.24) is 0 Å². The van der Waals surface area contributed by atoms with Crippen LogP contribution in [0.15, 0.2) is 24.3 Å². The molecule has 2 atom stereocenters. The van der Waals surface area contributed by atoms with E-state index in [0.717, 1.165) is 12.8 Å². The molecule has 1 aromatic rings. The molecule has 0 saturated carbocycles. The van der Waals surface area contributed by atoms with Crippen LogP contribution < -0.4 is 5.73 Å². The number of carboxylic acids is 1. The summed E-state index contributed by atoms with van der Waals surface area (Å²) in [5.74, 6) is -2.09. The van der Waals surface area contributed by atoms with E-state index in [4.69, 9.17) is 5.73 Å². The predicted octanol–water partition coefficient (Wildman–Crippen LogP) is 2.90. The van der Waals surface area contributed by atoms with Crippen LogP contribution >= 0.6 is 7.37 Å². The predicted molar refractivity (Wildman–Crippen MR) is 80.3 cm³/mol. The smallest absolute Gasteiger partial charge is 0.311 e. The summed E-state index contributed by atoms with van der Waals surface area (Å²) in [7, 11) is -3.43. The Labute approximate surface area is 119 Å². The summed E-state index contributed by atoms with van der Waals surface area (Å²) in [4.78, 5) is 21.3. The molecule has 0 aliphatic rings. The van der Waals surface area contributed by atoms with Gasteiger partial charge in [-0.1, -0.05) is 31.9 Å². The van der Waals surface area contributed by atoms with Crippen molar-refractivity contribution in [2.45, 2.75) is 32.1 Å². The molecule has 6 heteroatoms. The molecule has 0 radical (unpaired) electrons. The minimum absolute atomic E-state index is 0.174. The fourth-order valence-electron chi connectivity index (χ4n) is 2.09. The highest BCUT2D eigenvalue weighted by Crippen LogP contribution is 2.45. The molecule has 5 nitrogen and oxygen atoms in total. The van der Waals surface area contributed by atoms with Crippen molar-refractivity contribution >= 4 is 19.0 Å². The van der Waals surface area contributed by atoms with Crippen LogP contribution in [0.5, 0.6) is 0 Å². The third-order valence-corrected chi connectivity index (χ3v) is 5.14. The van der Waals surface area contributed by atoms with Crippen LogP contribution in [0.25, 0.3) is 0 Å². The monoisotopic (exact) mass is 299 g/mol. The van der Waals surface area contributed by atoms with Gasteiger partial charge in [-0.25, -0.2) is 0 Å². The van der Waals surface area contributed by atoms with Gasteiger partial charge in [0, 0.05) is 18.0 Å². The van der Waals surface area contributed by atoms with Crippen LogP contribution in [-0.4, -0.2) is 28.3 Å². The number of nitrogen functional groups attached to an aromatic ring is 1. The number of carbonyl (C=O) groups is 1. The number of hydrogen-bond donors (Lipinski definition) is 3. The lowest BCUT2D eigenvalue weighted by atomic mass is 10.0. The largest absolute Gasteiger partial charge is 0.481 e. The summed E-state index contributed by atoms with van der Waals surface area (Å²) in [6.45, 7) is 2.01. The molecule has 4 N–H and O–H groups in total. The molecule has 20 heavy (non-hydrogen) atoms. The first-order chi connectivity index (χ1) is 9.35. The lowest BCUT2D eigenvalue weighted by Gasteiger charge is -2.18. The second-order valence-electron chi connectivity index (χ2n) is 5.02. The quantitative estimate of drug-likeness (QED) is 0.389. The van der Waals surface area contributed by atoms with Gasteiger partial charge in [-0.3, -0.25) is 9.36 Å². The number of aliphatic carboxylic acids is 1. The summed E-state index contributed by atoms with van der Waals surface area (Å²) in [5.41, 5.74) is 6.56. The zero-order valence-corrected chi connectivity index (χ0v) is 12.6. The van der Waals surface area contributed by atoms with Gasteiger partial charge < -0.3 is 15.7 Å². The Morgan fingerprint density at radius 1 is 1.40 bits per heavy atom. The van der Waals surface area contributed by atoms with Gasteiger partial charge in [0.25, 0.3) is 0 Å². The van der Waals surface area contributed by atoms with Crippen LogP contribution in [0.2, 0.25) is 0 Å². The first-order valence-electron chi connectivity index (χ1n) is 6.75. The number of carboxylic acid groups (broad SMARTS) is 1. The van der Waals surface area contributed by atoms with Crippen molar-refractivity contribution in [3.05, 3.63) is 29.8 Å². The molecular weight excluding hydrogens is 277 g/mol. The molecule has 0 aliphatic carbocycles. The van der Waals surface area contributed by atoms with E-state index >= 15 is 0 Å². The highest BCUT2D eigenvalue weighted by atomic mass is 31.2. The highest BCUT2D eigenvalue weighted by Gasteiger charge is 2.29. The second-order valence-corrected chi connectivity index (χ2v) is 7.53. The van der Waals surface area contributed by atoms with Crippen LogP contribution in [-0.2, 0) is 9.36 Å². The SMILES string of the molecule is CCCCCP(=O)(O)CC(C(=O)O)c1cccc(N)c1. The number of benzene rings is 1. The van der Waals surface area contributed by atoms with E-state index in [-0.39, 0.29) is 12.3 Å². The normalized spacial score (nSPS) is 15.5. The number of hydrogen-bond acceptors (Lipinski definition) is 3. The third-order valence-electron chi connectivity index (χ3n) is 3.19. The van der Waals surface area contributed by atoms with Gasteiger partial charge in [0.05, 0.1) is 5.92 Å². The van der Waals surface area contributed by atoms with Crippen LogP contribution in [0.4, 0.5) is 5.69 Å². The average Bonchev–Trinajstić information content (AvgIpc) is 2.36. The minimum atomic E-state index is -3.43. The Morgan fingerprint density at radius 2 is 2.10 bits per heavy atom. The van der Waals surface area contributed by atoms with Crippen molar-refractivity contribution in [2.24, 2.45) is 0 Å². The Hall–Kier alpha value is -1.32. The van der Waals surface area contributed by atoms with E-state index in [2.05, 4.69) is 0 Å². The van der Waals surface area contributed by atoms with Gasteiger partial charge in [-0.15, -0.1) is 0 Å². The third kappa shape index (κ3) is 5.35. The molecule has 0 fully saturated rings. The van der Waals surface area contributed by atoms with E-state index in [0.29, 0.717) is 17.7 Å². The Balaban J connectivity index is 2.82. The molecule has 112 valence electrons. The maximum atomic E-state index is 12.1. The first-order valence-corrected chi connectivity index (χ1v) is 8.78. The van der Waals surface area contributed by atoms with Crippen molar-refractivity contribution in [1.29, 1.82) is 0 Å². The van der Waals surface area contributed by atoms with Crippen molar-refractivity contribution in [3.8, 4) is 0 Å². The lowest BCUT2D eigenvalue weighted by Crippen LogP contribution is -2.17. The van der Waals surface area contributed by atoms with Gasteiger partial charge in [0.15, 0.2) is 0 Å². The Morgan fingerprint density at radius 3 is 2.65 bits per heavy atom. The van der Waals surface area contributed by atoms with Gasteiger partial charge in [-0.2, -0.15) is 0 Å². The summed E-state index contributed by atoms with van der Waals surface area (Å²) >= 11 is 0. The number of nitrogens with two attached hydrogens (primary N) is 1. The Bertz CT molecular complexity index is 504. The van der Waals surface area contributed by atoms with Crippen molar-refractivity contribution in [3.63, 3.8) is 0 Å². The molecule has 0 bridgehead atoms. The minimum Gasteiger partial charge on any atom is -0.481 e. The average molecular weight is 299 g/mol. The molecule has 0 aliphatic heterocycles. The second kappa shape index (κ2) is 7.46. The van der Waals surface area contributed by atoms with E-state index in [9.17, 15) is 19.4 Å². The summed E-state index contributed by atoms with van der Waals surface area (Å²) < 4.78 is 12.1. The summed E-state index contributed by atoms with van der Waals surface area (Å²) in [6, 6.07) is 6.48. The van der Waals surface area contributed by atoms with Crippen LogP contribution in [0.3, 0.4) is 0 Å². The van der Waals surface area contributed by atoms with E-state index in [1.54, 1.807) is 24.3 Å². The molecular formula is C14H22NO4P. The van der Waals surface area contributed by atoms with Crippen molar-refractivity contribution in [2.75, 3.05) is 18.1 Å². The number of rotatable bonds is 8. The summed E-state index contributed by atoms with van der Waals surface area (Å²) in [6.07, 6.45) is 2.41. The fourth-order valence-corrected chi connectivity index (χ4v) is 3.93. The molecule has 1 rings (SSSR count). The van der Waals surface area contributed by atoms with E-state index in [1.807, 2.05) is 6.92 Å². The van der Waals surface area contributed by atoms with E-state index in [1.165, 1.54) is 0 Å². The Kier molecular flexibility index (Phi) is 6.24. The molecule has 0 amide bonds. The van der Waals surface area contributed by atoms with Crippen molar-refractivity contribution < 1.29 is 19.4 Å². The topological polar surface area (TPSA) is 101 Å². The maximum absolute atomic E-state index is 12.1. The molecule has 0 aromatic heterocycles. The summed E-state index contributed by atoms with van der Waals surface area (Å²) in [5, 5.41) is 9.28. The zero-order chi connectivity index (χ0) is 15.2. The van der Waals surface area contributed by atoms with Gasteiger partial charge in [0.1, 0.15) is 0 Å². The number of anilines is 1. The number of unbranched alkanes of at least 4 members (excludes halogenated alkanes) is 2. The molecule has 2 unspecified atom stereocenters. The molecule has 0 spiro atoms. The molecule has 0 heterocycles. The maximum Gasteiger partial charge on any atom is 0.311 e. The standard InChI is InChI=1S/C14H22NO4P/c1-2-3-4-8-20(18,19)10-13(14(16)17)11-6-5-7-12(15)9-11/h5-7,9,13H,2-4,8,10,15H2,1H3,(H,16,17)(H,18,19). The fraction of sp³-hybridized carbons (Fsp3) is 0.500. The van der Waals surface area contributed by atoms with Gasteiger partial charge in [0.2, 0.25) is 7.37 Å². The lowest BCUT2D eigenvalue weighted by molar-refractivity contribution is -0.138. The van der Waals surface area contributed by atoms with Gasteiger partial charge in [-0.05, 0) is 24.1 Å².